The molecule has 1 aliphatic heterocycles. The molecular weight excluding hydrogens is 311 g/mol. The second-order valence-electron chi connectivity index (χ2n) is 5.63. The van der Waals surface area contributed by atoms with Crippen LogP contribution in [0.3, 0.4) is 0 Å². The number of halogens is 3. The van der Waals surface area contributed by atoms with E-state index in [4.69, 9.17) is 5.11 Å². The van der Waals surface area contributed by atoms with Crippen molar-refractivity contribution >= 4 is 11.9 Å². The van der Waals surface area contributed by atoms with Crippen LogP contribution >= 0.6 is 0 Å². The molecule has 2 heterocycles. The standard InChI is InChI=1S/C15H20F3N3O2/c1-2-7-19-13-11(5-6-12(20-13)15(16,17)18)10-4-3-8-21(9-10)14(22)23/h5-6,10H,2-4,7-9H2,1H3,(H,19,20)(H,22,23). The molecule has 5 nitrogen and oxygen atoms in total. The van der Waals surface area contributed by atoms with Gasteiger partial charge in [0.15, 0.2) is 0 Å². The monoisotopic (exact) mass is 331 g/mol. The van der Waals surface area contributed by atoms with Gasteiger partial charge in [0.05, 0.1) is 0 Å². The first-order chi connectivity index (χ1) is 10.8. The summed E-state index contributed by atoms with van der Waals surface area (Å²) in [6.45, 7) is 3.16. The second-order valence-corrected chi connectivity index (χ2v) is 5.63. The van der Waals surface area contributed by atoms with Crippen LogP contribution in [0.15, 0.2) is 12.1 Å². The Bertz CT molecular complexity index is 563. The van der Waals surface area contributed by atoms with Crippen molar-refractivity contribution < 1.29 is 23.1 Å². The quantitative estimate of drug-likeness (QED) is 0.881. The highest BCUT2D eigenvalue weighted by Gasteiger charge is 2.34. The molecule has 1 aromatic rings. The molecule has 0 aliphatic carbocycles. The van der Waals surface area contributed by atoms with Gasteiger partial charge in [0, 0.05) is 25.6 Å². The number of piperidine rings is 1. The zero-order chi connectivity index (χ0) is 17.0. The molecule has 0 spiro atoms. The first kappa shape index (κ1) is 17.4. The van der Waals surface area contributed by atoms with Crippen LogP contribution in [0.5, 0.6) is 0 Å². The summed E-state index contributed by atoms with van der Waals surface area (Å²) in [5, 5.41) is 12.1. The number of nitrogens with zero attached hydrogens (tertiary/aromatic N) is 2. The van der Waals surface area contributed by atoms with Gasteiger partial charge in [-0.15, -0.1) is 0 Å². The average molecular weight is 331 g/mol. The summed E-state index contributed by atoms with van der Waals surface area (Å²) in [6.07, 6.45) is -3.33. The smallest absolute Gasteiger partial charge is 0.433 e. The number of hydrogen-bond acceptors (Lipinski definition) is 3. The fourth-order valence-electron chi connectivity index (χ4n) is 2.75. The molecule has 0 bridgehead atoms. The Morgan fingerprint density at radius 3 is 2.83 bits per heavy atom. The lowest BCUT2D eigenvalue weighted by Crippen LogP contribution is -2.38. The predicted octanol–water partition coefficient (Wildman–Crippen LogP) is 3.78. The number of amides is 1. The summed E-state index contributed by atoms with van der Waals surface area (Å²) in [5.74, 6) is 0.0629. The highest BCUT2D eigenvalue weighted by molar-refractivity contribution is 5.65. The second kappa shape index (κ2) is 7.06. The van der Waals surface area contributed by atoms with E-state index in [1.54, 1.807) is 0 Å². The molecule has 2 rings (SSSR count). The summed E-state index contributed by atoms with van der Waals surface area (Å²) in [6, 6.07) is 2.38. The summed E-state index contributed by atoms with van der Waals surface area (Å²) in [5.41, 5.74) is -0.289. The van der Waals surface area contributed by atoms with Gasteiger partial charge >= 0.3 is 12.3 Å². The molecule has 2 N–H and O–H groups in total. The molecule has 8 heteroatoms. The third kappa shape index (κ3) is 4.27. The Hall–Kier alpha value is -1.99. The fraction of sp³-hybridized carbons (Fsp3) is 0.600. The molecule has 1 aromatic heterocycles. The van der Waals surface area contributed by atoms with Crippen LogP contribution in [0.4, 0.5) is 23.8 Å². The highest BCUT2D eigenvalue weighted by Crippen LogP contribution is 2.35. The maximum atomic E-state index is 12.9. The van der Waals surface area contributed by atoms with E-state index >= 15 is 0 Å². The predicted molar refractivity (Wildman–Crippen MR) is 79.6 cm³/mol. The van der Waals surface area contributed by atoms with E-state index in [9.17, 15) is 18.0 Å². The number of aromatic nitrogens is 1. The zero-order valence-electron chi connectivity index (χ0n) is 12.9. The molecular formula is C15H20F3N3O2. The van der Waals surface area contributed by atoms with Crippen molar-refractivity contribution in [3.8, 4) is 0 Å². The van der Waals surface area contributed by atoms with Crippen LogP contribution in [0.25, 0.3) is 0 Å². The lowest BCUT2D eigenvalue weighted by molar-refractivity contribution is -0.141. The van der Waals surface area contributed by atoms with Gasteiger partial charge in [-0.25, -0.2) is 9.78 Å². The first-order valence-corrected chi connectivity index (χ1v) is 7.62. The number of alkyl halides is 3. The lowest BCUT2D eigenvalue weighted by atomic mass is 9.90. The third-order valence-electron chi connectivity index (χ3n) is 3.89. The lowest BCUT2D eigenvalue weighted by Gasteiger charge is -2.32. The number of pyridine rings is 1. The Balaban J connectivity index is 2.30. The molecule has 1 atom stereocenters. The van der Waals surface area contributed by atoms with E-state index in [1.807, 2.05) is 6.92 Å². The fourth-order valence-corrected chi connectivity index (χ4v) is 2.75. The van der Waals surface area contributed by atoms with E-state index in [1.165, 1.54) is 11.0 Å². The SMILES string of the molecule is CCCNc1nc(C(F)(F)F)ccc1C1CCCN(C(=O)O)C1. The maximum Gasteiger partial charge on any atom is 0.433 e. The van der Waals surface area contributed by atoms with Gasteiger partial charge < -0.3 is 15.3 Å². The molecule has 0 saturated carbocycles. The minimum absolute atomic E-state index is 0.144. The van der Waals surface area contributed by atoms with Crippen molar-refractivity contribution in [3.63, 3.8) is 0 Å². The third-order valence-corrected chi connectivity index (χ3v) is 3.89. The normalized spacial score (nSPS) is 18.8. The van der Waals surface area contributed by atoms with Gasteiger partial charge in [-0.3, -0.25) is 0 Å². The summed E-state index contributed by atoms with van der Waals surface area (Å²) >= 11 is 0. The van der Waals surface area contributed by atoms with E-state index in [0.717, 1.165) is 18.9 Å². The van der Waals surface area contributed by atoms with E-state index in [2.05, 4.69) is 10.3 Å². The van der Waals surface area contributed by atoms with Gasteiger partial charge in [0.1, 0.15) is 11.5 Å². The largest absolute Gasteiger partial charge is 0.465 e. The number of anilines is 1. The van der Waals surface area contributed by atoms with E-state index in [0.29, 0.717) is 25.1 Å². The van der Waals surface area contributed by atoms with Crippen molar-refractivity contribution in [1.82, 2.24) is 9.88 Å². The molecule has 0 radical (unpaired) electrons. The molecule has 128 valence electrons. The first-order valence-electron chi connectivity index (χ1n) is 7.62. The zero-order valence-corrected chi connectivity index (χ0v) is 12.9. The Kier molecular flexibility index (Phi) is 5.33. The molecule has 1 unspecified atom stereocenters. The van der Waals surface area contributed by atoms with Gasteiger partial charge in [-0.05, 0) is 30.9 Å². The van der Waals surface area contributed by atoms with Crippen molar-refractivity contribution in [2.24, 2.45) is 0 Å². The van der Waals surface area contributed by atoms with Crippen LogP contribution in [-0.4, -0.2) is 40.7 Å². The van der Waals surface area contributed by atoms with Crippen LogP contribution in [0.2, 0.25) is 0 Å². The number of carbonyl (C=O) groups is 1. The molecule has 1 amide bonds. The molecule has 1 fully saturated rings. The van der Waals surface area contributed by atoms with Crippen molar-refractivity contribution in [2.45, 2.75) is 38.3 Å². The number of nitrogens with one attached hydrogen (secondary N) is 1. The topological polar surface area (TPSA) is 65.5 Å². The van der Waals surface area contributed by atoms with Crippen LogP contribution in [0.1, 0.15) is 43.4 Å². The molecule has 1 saturated heterocycles. The minimum atomic E-state index is -4.50. The van der Waals surface area contributed by atoms with E-state index in [-0.39, 0.29) is 18.3 Å². The summed E-state index contributed by atoms with van der Waals surface area (Å²) in [7, 11) is 0. The molecule has 0 aromatic carbocycles. The van der Waals surface area contributed by atoms with Crippen LogP contribution in [0, 0.1) is 0 Å². The Morgan fingerprint density at radius 2 is 2.22 bits per heavy atom. The Labute approximate surface area is 132 Å². The highest BCUT2D eigenvalue weighted by atomic mass is 19.4. The van der Waals surface area contributed by atoms with Gasteiger partial charge in [-0.2, -0.15) is 13.2 Å². The molecule has 23 heavy (non-hydrogen) atoms. The molecule has 1 aliphatic rings. The minimum Gasteiger partial charge on any atom is -0.465 e. The van der Waals surface area contributed by atoms with Gasteiger partial charge in [-0.1, -0.05) is 13.0 Å². The Morgan fingerprint density at radius 1 is 1.48 bits per heavy atom. The number of carboxylic acid groups (broad SMARTS) is 1. The maximum absolute atomic E-state index is 12.9. The van der Waals surface area contributed by atoms with Crippen molar-refractivity contribution in [1.29, 1.82) is 0 Å². The van der Waals surface area contributed by atoms with Gasteiger partial charge in [0.25, 0.3) is 0 Å². The van der Waals surface area contributed by atoms with Crippen molar-refractivity contribution in [3.05, 3.63) is 23.4 Å². The van der Waals surface area contributed by atoms with Crippen molar-refractivity contribution in [2.75, 3.05) is 25.0 Å². The van der Waals surface area contributed by atoms with Gasteiger partial charge in [0.2, 0.25) is 0 Å². The summed E-state index contributed by atoms with van der Waals surface area (Å²) < 4.78 is 38.6. The number of likely N-dealkylation sites (tertiary alicyclic amines) is 1. The number of hydrogen-bond donors (Lipinski definition) is 2. The van der Waals surface area contributed by atoms with Crippen LogP contribution in [-0.2, 0) is 6.18 Å². The average Bonchev–Trinajstić information content (AvgIpc) is 2.52. The number of rotatable bonds is 4. The van der Waals surface area contributed by atoms with E-state index < -0.39 is 18.0 Å². The summed E-state index contributed by atoms with van der Waals surface area (Å²) in [4.78, 5) is 16.1. The van der Waals surface area contributed by atoms with Crippen LogP contribution < -0.4 is 5.32 Å².